The summed E-state index contributed by atoms with van der Waals surface area (Å²) in [5.41, 5.74) is 1.05. The topological polar surface area (TPSA) is 21.3 Å². The number of rotatable bonds is 6. The maximum Gasteiger partial charge on any atom is 0.123 e. The average molecular weight is 344 g/mol. The molecular weight excluding hydrogens is 321 g/mol. The van der Waals surface area contributed by atoms with Crippen molar-refractivity contribution in [3.05, 3.63) is 34.1 Å². The smallest absolute Gasteiger partial charge is 0.123 e. The molecule has 1 unspecified atom stereocenters. The quantitative estimate of drug-likeness (QED) is 0.844. The van der Waals surface area contributed by atoms with Crippen LogP contribution in [0.2, 0.25) is 0 Å². The Morgan fingerprint density at radius 3 is 2.85 bits per heavy atom. The lowest BCUT2D eigenvalue weighted by molar-refractivity contribution is 0.0537. The number of nitrogens with one attached hydrogen (secondary N) is 1. The summed E-state index contributed by atoms with van der Waals surface area (Å²) >= 11 is 3.53. The Balaban J connectivity index is 2.07. The van der Waals surface area contributed by atoms with Crippen LogP contribution in [0.15, 0.2) is 22.7 Å². The summed E-state index contributed by atoms with van der Waals surface area (Å²) in [7, 11) is 0. The minimum Gasteiger partial charge on any atom is -0.381 e. The van der Waals surface area contributed by atoms with Crippen LogP contribution in [0.5, 0.6) is 0 Å². The molecule has 1 atom stereocenters. The predicted octanol–water partition coefficient (Wildman–Crippen LogP) is 3.93. The normalized spacial score (nSPS) is 18.1. The molecule has 1 saturated heterocycles. The average Bonchev–Trinajstić information content (AvgIpc) is 2.48. The van der Waals surface area contributed by atoms with E-state index < -0.39 is 0 Å². The van der Waals surface area contributed by atoms with Crippen LogP contribution in [0.1, 0.15) is 31.7 Å². The van der Waals surface area contributed by atoms with Crippen molar-refractivity contribution in [2.45, 2.75) is 38.6 Å². The van der Waals surface area contributed by atoms with Gasteiger partial charge in [0.15, 0.2) is 0 Å². The first-order valence-corrected chi connectivity index (χ1v) is 8.25. The van der Waals surface area contributed by atoms with E-state index >= 15 is 0 Å². The summed E-state index contributed by atoms with van der Waals surface area (Å²) in [6, 6.07) is 5.34. The van der Waals surface area contributed by atoms with Crippen LogP contribution in [0.25, 0.3) is 0 Å². The maximum atomic E-state index is 13.4. The van der Waals surface area contributed by atoms with Crippen molar-refractivity contribution in [3.8, 4) is 0 Å². The van der Waals surface area contributed by atoms with E-state index in [-0.39, 0.29) is 5.82 Å². The fourth-order valence-corrected chi connectivity index (χ4v) is 3.20. The molecule has 0 amide bonds. The lowest BCUT2D eigenvalue weighted by Gasteiger charge is -2.31. The van der Waals surface area contributed by atoms with Crippen molar-refractivity contribution in [1.82, 2.24) is 5.32 Å². The van der Waals surface area contributed by atoms with Crippen LogP contribution in [0.4, 0.5) is 4.39 Å². The maximum absolute atomic E-state index is 13.4. The first-order chi connectivity index (χ1) is 9.70. The van der Waals surface area contributed by atoms with Gasteiger partial charge < -0.3 is 10.1 Å². The second-order valence-corrected chi connectivity index (χ2v) is 6.30. The third-order valence-electron chi connectivity index (χ3n) is 3.94. The first kappa shape index (κ1) is 15.9. The highest BCUT2D eigenvalue weighted by atomic mass is 79.9. The van der Waals surface area contributed by atoms with Crippen molar-refractivity contribution in [2.75, 3.05) is 19.8 Å². The summed E-state index contributed by atoms with van der Waals surface area (Å²) in [6.45, 7) is 4.87. The van der Waals surface area contributed by atoms with Crippen molar-refractivity contribution >= 4 is 15.9 Å². The molecule has 1 heterocycles. The van der Waals surface area contributed by atoms with Gasteiger partial charge >= 0.3 is 0 Å². The molecule has 0 saturated carbocycles. The third kappa shape index (κ3) is 4.54. The standard InChI is InChI=1S/C16H23BrFNO/c1-2-7-19-16(12-5-8-20-9-6-12)11-13-10-14(18)3-4-15(13)17/h3-4,10,12,16,19H,2,5-9,11H2,1H3. The molecule has 1 fully saturated rings. The summed E-state index contributed by atoms with van der Waals surface area (Å²) in [6.07, 6.45) is 4.16. The second-order valence-electron chi connectivity index (χ2n) is 5.45. The SMILES string of the molecule is CCCNC(Cc1cc(F)ccc1Br)C1CCOCC1. The van der Waals surface area contributed by atoms with Crippen LogP contribution in [0, 0.1) is 11.7 Å². The zero-order valence-electron chi connectivity index (χ0n) is 12.0. The Bertz CT molecular complexity index is 421. The molecule has 0 radical (unpaired) electrons. The molecule has 112 valence electrons. The van der Waals surface area contributed by atoms with Gasteiger partial charge in [-0.1, -0.05) is 22.9 Å². The second kappa shape index (κ2) is 8.11. The van der Waals surface area contributed by atoms with Crippen LogP contribution >= 0.6 is 15.9 Å². The van der Waals surface area contributed by atoms with Gasteiger partial charge in [0.2, 0.25) is 0 Å². The lowest BCUT2D eigenvalue weighted by Crippen LogP contribution is -2.41. The van der Waals surface area contributed by atoms with E-state index in [9.17, 15) is 4.39 Å². The van der Waals surface area contributed by atoms with Crippen molar-refractivity contribution in [2.24, 2.45) is 5.92 Å². The minimum atomic E-state index is -0.163. The Hall–Kier alpha value is -0.450. The summed E-state index contributed by atoms with van der Waals surface area (Å²) < 4.78 is 19.9. The van der Waals surface area contributed by atoms with Gasteiger partial charge in [0.05, 0.1) is 0 Å². The van der Waals surface area contributed by atoms with Crippen LogP contribution < -0.4 is 5.32 Å². The zero-order chi connectivity index (χ0) is 14.4. The zero-order valence-corrected chi connectivity index (χ0v) is 13.6. The Morgan fingerprint density at radius 2 is 2.15 bits per heavy atom. The van der Waals surface area contributed by atoms with Gasteiger partial charge in [-0.2, -0.15) is 0 Å². The fraction of sp³-hybridized carbons (Fsp3) is 0.625. The molecule has 0 aromatic heterocycles. The summed E-state index contributed by atoms with van der Waals surface area (Å²) in [5, 5.41) is 3.64. The van der Waals surface area contributed by atoms with E-state index in [4.69, 9.17) is 4.74 Å². The molecular formula is C16H23BrFNO. The van der Waals surface area contributed by atoms with E-state index in [1.54, 1.807) is 12.1 Å². The summed E-state index contributed by atoms with van der Waals surface area (Å²) in [4.78, 5) is 0. The van der Waals surface area contributed by atoms with Crippen molar-refractivity contribution in [1.29, 1.82) is 0 Å². The Kier molecular flexibility index (Phi) is 6.46. The third-order valence-corrected chi connectivity index (χ3v) is 4.71. The molecule has 1 aromatic carbocycles. The number of ether oxygens (including phenoxy) is 1. The fourth-order valence-electron chi connectivity index (χ4n) is 2.79. The van der Waals surface area contributed by atoms with E-state index in [0.717, 1.165) is 55.5 Å². The molecule has 2 nitrogen and oxygen atoms in total. The Labute approximate surface area is 129 Å². The molecule has 1 aromatic rings. The molecule has 0 spiro atoms. The van der Waals surface area contributed by atoms with Crippen molar-refractivity contribution in [3.63, 3.8) is 0 Å². The minimum absolute atomic E-state index is 0.163. The molecule has 2 rings (SSSR count). The van der Waals surface area contributed by atoms with Gasteiger partial charge in [-0.15, -0.1) is 0 Å². The molecule has 4 heteroatoms. The monoisotopic (exact) mass is 343 g/mol. The Morgan fingerprint density at radius 1 is 1.40 bits per heavy atom. The highest BCUT2D eigenvalue weighted by molar-refractivity contribution is 9.10. The van der Waals surface area contributed by atoms with Crippen LogP contribution in [0.3, 0.4) is 0 Å². The van der Waals surface area contributed by atoms with Crippen LogP contribution in [-0.2, 0) is 11.2 Å². The molecule has 1 aliphatic rings. The largest absolute Gasteiger partial charge is 0.381 e. The highest BCUT2D eigenvalue weighted by Crippen LogP contribution is 2.25. The van der Waals surface area contributed by atoms with Gasteiger partial charge in [-0.25, -0.2) is 4.39 Å². The van der Waals surface area contributed by atoms with Gasteiger partial charge in [-0.05, 0) is 61.9 Å². The van der Waals surface area contributed by atoms with E-state index in [0.29, 0.717) is 12.0 Å². The number of hydrogen-bond donors (Lipinski definition) is 1. The van der Waals surface area contributed by atoms with E-state index in [1.165, 1.54) is 6.07 Å². The highest BCUT2D eigenvalue weighted by Gasteiger charge is 2.24. The number of halogens is 2. The number of hydrogen-bond acceptors (Lipinski definition) is 2. The molecule has 1 aliphatic heterocycles. The predicted molar refractivity (Wildman–Crippen MR) is 83.4 cm³/mol. The first-order valence-electron chi connectivity index (χ1n) is 7.45. The molecule has 1 N–H and O–H groups in total. The van der Waals surface area contributed by atoms with Crippen LogP contribution in [-0.4, -0.2) is 25.8 Å². The summed E-state index contributed by atoms with van der Waals surface area (Å²) in [5.74, 6) is 0.454. The number of benzene rings is 1. The van der Waals surface area contributed by atoms with E-state index in [2.05, 4.69) is 28.2 Å². The molecule has 0 bridgehead atoms. The van der Waals surface area contributed by atoms with Gasteiger partial charge in [0.1, 0.15) is 5.82 Å². The lowest BCUT2D eigenvalue weighted by atomic mass is 9.87. The van der Waals surface area contributed by atoms with Crippen molar-refractivity contribution < 1.29 is 9.13 Å². The van der Waals surface area contributed by atoms with Gasteiger partial charge in [0, 0.05) is 23.7 Å². The van der Waals surface area contributed by atoms with Gasteiger partial charge in [0.25, 0.3) is 0 Å². The molecule has 0 aliphatic carbocycles. The molecule has 20 heavy (non-hydrogen) atoms. The van der Waals surface area contributed by atoms with Gasteiger partial charge in [-0.3, -0.25) is 0 Å². The van der Waals surface area contributed by atoms with E-state index in [1.807, 2.05) is 0 Å².